The van der Waals surface area contributed by atoms with Gasteiger partial charge in [-0.05, 0) is 88.6 Å². The van der Waals surface area contributed by atoms with Gasteiger partial charge in [0.25, 0.3) is 11.5 Å². The zero-order valence-electron chi connectivity index (χ0n) is 29.6. The smallest absolute Gasteiger partial charge is 0.373 e. The number of benzene rings is 2. The van der Waals surface area contributed by atoms with Crippen molar-refractivity contribution in [2.45, 2.75) is 65.1 Å². The predicted octanol–water partition coefficient (Wildman–Crippen LogP) is 4.30. The van der Waals surface area contributed by atoms with Crippen LogP contribution < -0.4 is 31.1 Å². The number of nitrogens with zero attached hydrogens (tertiary/aromatic N) is 2. The van der Waals surface area contributed by atoms with Crippen molar-refractivity contribution in [3.8, 4) is 17.3 Å². The number of methoxy groups -OCH3 is 1. The quantitative estimate of drug-likeness (QED) is 0.107. The molecule has 2 aromatic heterocycles. The Balaban J connectivity index is 0.00000226. The maximum absolute atomic E-state index is 14.7. The molecule has 15 heteroatoms. The van der Waals surface area contributed by atoms with Gasteiger partial charge in [0.15, 0.2) is 5.82 Å². The lowest BCUT2D eigenvalue weighted by Crippen LogP contribution is -2.52. The maximum Gasteiger partial charge on any atom is 0.373 e. The number of H-pyrrole nitrogens is 1. The number of aromatic nitrogens is 3. The number of carbonyl (C=O) groups is 2. The molecule has 0 aliphatic carbocycles. The van der Waals surface area contributed by atoms with Crippen molar-refractivity contribution in [2.24, 2.45) is 0 Å². The van der Waals surface area contributed by atoms with Crippen molar-refractivity contribution >= 4 is 30.8 Å². The number of hydrogen-bond donors (Lipinski definition) is 4. The van der Waals surface area contributed by atoms with E-state index in [1.807, 2.05) is 32.9 Å². The lowest BCUT2D eigenvalue weighted by molar-refractivity contribution is -0.191. The molecule has 0 aliphatic rings. The van der Waals surface area contributed by atoms with Crippen LogP contribution in [0.3, 0.4) is 0 Å². The van der Waals surface area contributed by atoms with Gasteiger partial charge in [0.05, 0.1) is 19.8 Å². The molecule has 0 radical (unpaired) electrons. The van der Waals surface area contributed by atoms with Crippen LogP contribution in [0.15, 0.2) is 83.9 Å². The van der Waals surface area contributed by atoms with Crippen molar-refractivity contribution in [1.29, 1.82) is 0 Å². The molecule has 4 aromatic rings. The van der Waals surface area contributed by atoms with E-state index in [1.165, 1.54) is 6.20 Å². The standard InChI is InChI=1S/C35H43N6O6P.CO2/c1-8-34(3,4)40-48(45,41-35(5,6)33(44)47-9-2)26-19-15-24(16-20-26)29(23-13-17-25(46-7)18-14-23)38-31(42)27-22-37-30(39-32(27)43)28-12-10-11-21-36-28;2-1-3/h10-22,29H,8-9H2,1-7H3,(H,38,42)(H,37,39,43)(H2,40,41,45);. The summed E-state index contributed by atoms with van der Waals surface area (Å²) in [6, 6.07) is 18.6. The lowest BCUT2D eigenvalue weighted by atomic mass is 9.98. The van der Waals surface area contributed by atoms with E-state index < -0.39 is 42.0 Å². The Labute approximate surface area is 296 Å². The summed E-state index contributed by atoms with van der Waals surface area (Å²) in [5.74, 6) is -0.303. The molecule has 4 N–H and O–H groups in total. The van der Waals surface area contributed by atoms with Crippen molar-refractivity contribution < 1.29 is 33.2 Å². The molecule has 51 heavy (non-hydrogen) atoms. The fourth-order valence-corrected chi connectivity index (χ4v) is 7.62. The number of carbonyl (C=O) groups excluding carboxylic acids is 4. The zero-order chi connectivity index (χ0) is 37.8. The first-order chi connectivity index (χ1) is 24.1. The van der Waals surface area contributed by atoms with Crippen LogP contribution >= 0.6 is 7.44 Å². The van der Waals surface area contributed by atoms with Gasteiger partial charge in [0.1, 0.15) is 22.5 Å². The maximum atomic E-state index is 14.7. The average molecular weight is 719 g/mol. The van der Waals surface area contributed by atoms with Crippen LogP contribution in [-0.2, 0) is 23.7 Å². The Morgan fingerprint density at radius 3 is 2.04 bits per heavy atom. The summed E-state index contributed by atoms with van der Waals surface area (Å²) in [5, 5.41) is 9.71. The topological polar surface area (TPSA) is 199 Å². The number of rotatable bonds is 14. The van der Waals surface area contributed by atoms with Crippen LogP contribution in [0.25, 0.3) is 11.5 Å². The number of pyridine rings is 1. The lowest BCUT2D eigenvalue weighted by Gasteiger charge is -2.36. The molecule has 0 bridgehead atoms. The first kappa shape index (κ1) is 40.2. The molecule has 2 aromatic carbocycles. The Bertz CT molecular complexity index is 1920. The number of amides is 1. The van der Waals surface area contributed by atoms with E-state index in [1.54, 1.807) is 88.7 Å². The van der Waals surface area contributed by atoms with E-state index >= 15 is 0 Å². The van der Waals surface area contributed by atoms with Crippen LogP contribution in [0.2, 0.25) is 0 Å². The fraction of sp³-hybridized carbons (Fsp3) is 0.333. The number of aromatic amines is 1. The summed E-state index contributed by atoms with van der Waals surface area (Å²) in [4.78, 5) is 66.7. The van der Waals surface area contributed by atoms with Gasteiger partial charge in [-0.1, -0.05) is 37.3 Å². The van der Waals surface area contributed by atoms with Crippen LogP contribution in [0, 0.1) is 0 Å². The minimum Gasteiger partial charge on any atom is -0.497 e. The van der Waals surface area contributed by atoms with Crippen LogP contribution in [-0.4, -0.2) is 57.8 Å². The van der Waals surface area contributed by atoms with Crippen LogP contribution in [0.5, 0.6) is 5.75 Å². The largest absolute Gasteiger partial charge is 0.497 e. The molecule has 4 rings (SSSR count). The van der Waals surface area contributed by atoms with Gasteiger partial charge >= 0.3 is 12.1 Å². The minimum atomic E-state index is -3.62. The van der Waals surface area contributed by atoms with Gasteiger partial charge in [-0.15, -0.1) is 0 Å². The normalized spacial score (nSPS) is 13.0. The van der Waals surface area contributed by atoms with Crippen molar-refractivity contribution in [2.75, 3.05) is 13.7 Å². The molecule has 270 valence electrons. The summed E-state index contributed by atoms with van der Waals surface area (Å²) < 4.78 is 25.3. The molecule has 0 spiro atoms. The Morgan fingerprint density at radius 1 is 0.922 bits per heavy atom. The fourth-order valence-electron chi connectivity index (χ4n) is 4.84. The highest BCUT2D eigenvalue weighted by Gasteiger charge is 2.40. The van der Waals surface area contributed by atoms with Crippen molar-refractivity contribution in [1.82, 2.24) is 30.4 Å². The van der Waals surface area contributed by atoms with E-state index in [0.717, 1.165) is 0 Å². The molecule has 14 nitrogen and oxygen atoms in total. The SMILES string of the molecule is CCOC(=O)C(C)(C)NP(=O)(NC(C)(C)CC)c1ccc(C(NC(=O)c2cnc(-c3ccccn3)[nH]c2=O)c2ccc(OC)cc2)cc1.O=C=O. The number of ether oxygens (including phenoxy) is 2. The number of nitrogens with one attached hydrogen (secondary N) is 4. The Hall–Kier alpha value is -5.26. The highest BCUT2D eigenvalue weighted by molar-refractivity contribution is 7.67. The molecule has 0 saturated carbocycles. The van der Waals surface area contributed by atoms with Gasteiger partial charge < -0.3 is 19.8 Å². The van der Waals surface area contributed by atoms with Gasteiger partial charge in [0.2, 0.25) is 7.44 Å². The molecular weight excluding hydrogens is 675 g/mol. The van der Waals surface area contributed by atoms with Gasteiger partial charge in [-0.25, -0.2) is 15.2 Å². The molecule has 0 saturated heterocycles. The minimum absolute atomic E-state index is 0.175. The Kier molecular flexibility index (Phi) is 13.9. The Morgan fingerprint density at radius 2 is 1.53 bits per heavy atom. The molecule has 1 amide bonds. The van der Waals surface area contributed by atoms with Crippen LogP contribution in [0.4, 0.5) is 0 Å². The summed E-state index contributed by atoms with van der Waals surface area (Å²) in [7, 11) is -2.06. The predicted molar refractivity (Wildman–Crippen MR) is 190 cm³/mol. The third kappa shape index (κ3) is 10.6. The summed E-state index contributed by atoms with van der Waals surface area (Å²) in [6.07, 6.45) is 3.72. The van der Waals surface area contributed by atoms with E-state index in [2.05, 4.69) is 30.4 Å². The highest BCUT2D eigenvalue weighted by atomic mass is 31.2. The van der Waals surface area contributed by atoms with Crippen LogP contribution in [0.1, 0.15) is 75.5 Å². The average Bonchev–Trinajstić information content (AvgIpc) is 3.11. The van der Waals surface area contributed by atoms with E-state index in [0.29, 0.717) is 34.3 Å². The summed E-state index contributed by atoms with van der Waals surface area (Å²) >= 11 is 0. The zero-order valence-corrected chi connectivity index (χ0v) is 30.5. The first-order valence-corrected chi connectivity index (χ1v) is 17.8. The van der Waals surface area contributed by atoms with E-state index in [4.69, 9.17) is 19.1 Å². The second kappa shape index (κ2) is 17.6. The third-order valence-electron chi connectivity index (χ3n) is 7.83. The molecule has 0 aliphatic heterocycles. The van der Waals surface area contributed by atoms with Gasteiger partial charge in [-0.3, -0.25) is 23.9 Å². The van der Waals surface area contributed by atoms with Gasteiger partial charge in [0, 0.05) is 23.2 Å². The summed E-state index contributed by atoms with van der Waals surface area (Å²) in [5.41, 5.74) is -0.781. The highest BCUT2D eigenvalue weighted by Crippen LogP contribution is 2.41. The second-order valence-electron chi connectivity index (χ2n) is 12.5. The summed E-state index contributed by atoms with van der Waals surface area (Å²) in [6.45, 7) is 11.0. The monoisotopic (exact) mass is 718 g/mol. The second-order valence-corrected chi connectivity index (χ2v) is 14.6. The third-order valence-corrected chi connectivity index (χ3v) is 10.7. The van der Waals surface area contributed by atoms with Gasteiger partial charge in [-0.2, -0.15) is 9.59 Å². The number of esters is 1. The van der Waals surface area contributed by atoms with E-state index in [9.17, 15) is 18.9 Å². The molecule has 0 fully saturated rings. The molecular formula is C36H43N6O8P. The molecule has 2 heterocycles. The molecule has 2 atom stereocenters. The van der Waals surface area contributed by atoms with E-state index in [-0.39, 0.29) is 24.1 Å². The number of hydrogen-bond acceptors (Lipinski definition) is 10. The molecule has 2 unspecified atom stereocenters. The first-order valence-electron chi connectivity index (χ1n) is 16.0. The van der Waals surface area contributed by atoms with Crippen molar-refractivity contribution in [3.05, 3.63) is 106 Å². The van der Waals surface area contributed by atoms with Crippen molar-refractivity contribution in [3.63, 3.8) is 0 Å².